The van der Waals surface area contributed by atoms with Crippen LogP contribution in [0.1, 0.15) is 5.56 Å². The molecule has 9 nitrogen and oxygen atoms in total. The predicted molar refractivity (Wildman–Crippen MR) is 96.7 cm³/mol. The van der Waals surface area contributed by atoms with E-state index in [4.69, 9.17) is 9.47 Å². The molecule has 0 radical (unpaired) electrons. The largest absolute Gasteiger partial charge is 0.506 e. The second-order valence-corrected chi connectivity index (χ2v) is 5.71. The Morgan fingerprint density at radius 2 is 2.08 bits per heavy atom. The van der Waals surface area contributed by atoms with Crippen molar-refractivity contribution in [3.8, 4) is 17.2 Å². The fraction of sp³-hybridized carbons (Fsp3) is 0.125. The van der Waals surface area contributed by atoms with Gasteiger partial charge in [-0.15, -0.1) is 0 Å². The summed E-state index contributed by atoms with van der Waals surface area (Å²) < 4.78 is 10.6. The van der Waals surface area contributed by atoms with Crippen molar-refractivity contribution in [2.24, 2.45) is 5.10 Å². The second-order valence-electron chi connectivity index (χ2n) is 4.86. The molecular weight excluding hydrogens is 410 g/mol. The number of non-ortho nitro benzene ring substituents is 1. The topological polar surface area (TPSA) is 123 Å². The molecule has 0 fully saturated rings. The van der Waals surface area contributed by atoms with E-state index < -0.39 is 10.8 Å². The lowest BCUT2D eigenvalue weighted by Gasteiger charge is -2.09. The zero-order valence-electron chi connectivity index (χ0n) is 13.5. The first kappa shape index (κ1) is 19.2. The van der Waals surface area contributed by atoms with Crippen molar-refractivity contribution >= 4 is 33.7 Å². The Bertz CT molecular complexity index is 856. The fourth-order valence-corrected chi connectivity index (χ4v) is 2.36. The fourth-order valence-electron chi connectivity index (χ4n) is 1.90. The lowest BCUT2D eigenvalue weighted by Crippen LogP contribution is -2.24. The van der Waals surface area contributed by atoms with Crippen LogP contribution in [-0.2, 0) is 4.79 Å². The lowest BCUT2D eigenvalue weighted by atomic mass is 10.2. The minimum absolute atomic E-state index is 0.0667. The third-order valence-corrected chi connectivity index (χ3v) is 3.71. The molecule has 2 rings (SSSR count). The number of benzene rings is 2. The molecular formula is C16H14BrN3O6. The molecule has 0 heterocycles. The number of halogens is 1. The smallest absolute Gasteiger partial charge is 0.277 e. The molecule has 0 aliphatic heterocycles. The number of ether oxygens (including phenoxy) is 2. The van der Waals surface area contributed by atoms with E-state index in [1.165, 1.54) is 7.11 Å². The molecule has 0 unspecified atom stereocenters. The van der Waals surface area contributed by atoms with Crippen LogP contribution >= 0.6 is 15.9 Å². The number of carbonyl (C=O) groups excluding carboxylic acids is 1. The molecule has 136 valence electrons. The summed E-state index contributed by atoms with van der Waals surface area (Å²) in [5, 5.41) is 24.4. The summed E-state index contributed by atoms with van der Waals surface area (Å²) in [5.74, 6) is 0.0829. The van der Waals surface area contributed by atoms with Crippen LogP contribution in [0.15, 0.2) is 46.0 Å². The van der Waals surface area contributed by atoms with Gasteiger partial charge in [-0.3, -0.25) is 14.9 Å². The number of nitrogens with one attached hydrogen (secondary N) is 1. The minimum atomic E-state index is -0.610. The number of nitro groups is 1. The maximum Gasteiger partial charge on any atom is 0.277 e. The van der Waals surface area contributed by atoms with Crippen molar-refractivity contribution in [2.75, 3.05) is 13.7 Å². The van der Waals surface area contributed by atoms with Gasteiger partial charge >= 0.3 is 0 Å². The molecule has 0 spiro atoms. The molecule has 0 atom stereocenters. The van der Waals surface area contributed by atoms with Crippen molar-refractivity contribution in [3.05, 3.63) is 56.5 Å². The summed E-state index contributed by atoms with van der Waals surface area (Å²) >= 11 is 3.02. The highest BCUT2D eigenvalue weighted by Gasteiger charge is 2.13. The van der Waals surface area contributed by atoms with E-state index in [1.807, 2.05) is 0 Å². The predicted octanol–water partition coefficient (Wildman–Crippen LogP) is 2.60. The lowest BCUT2D eigenvalue weighted by molar-refractivity contribution is -0.385. The summed E-state index contributed by atoms with van der Waals surface area (Å²) in [6.45, 7) is -0.317. The quantitative estimate of drug-likeness (QED) is 0.400. The molecule has 0 aliphatic carbocycles. The van der Waals surface area contributed by atoms with Gasteiger partial charge < -0.3 is 14.6 Å². The number of amides is 1. The number of para-hydroxylation sites is 2. The Balaban J connectivity index is 1.98. The van der Waals surface area contributed by atoms with Crippen LogP contribution in [0.5, 0.6) is 17.2 Å². The Kier molecular flexibility index (Phi) is 6.50. The monoisotopic (exact) mass is 423 g/mol. The number of hydrogen-bond acceptors (Lipinski definition) is 7. The van der Waals surface area contributed by atoms with Crippen molar-refractivity contribution in [1.82, 2.24) is 5.43 Å². The molecule has 1 amide bonds. The van der Waals surface area contributed by atoms with Gasteiger partial charge in [-0.05, 0) is 28.1 Å². The van der Waals surface area contributed by atoms with Gasteiger partial charge in [0.15, 0.2) is 18.1 Å². The Morgan fingerprint density at radius 1 is 1.38 bits per heavy atom. The number of carbonyl (C=O) groups is 1. The first-order valence-corrected chi connectivity index (χ1v) is 7.96. The van der Waals surface area contributed by atoms with E-state index in [0.717, 1.165) is 18.3 Å². The molecule has 0 saturated carbocycles. The Morgan fingerprint density at radius 3 is 2.73 bits per heavy atom. The second kappa shape index (κ2) is 8.81. The molecule has 26 heavy (non-hydrogen) atoms. The minimum Gasteiger partial charge on any atom is -0.506 e. The zero-order valence-corrected chi connectivity index (χ0v) is 15.1. The SMILES string of the molecule is COc1ccccc1OCC(=O)N/N=C/c1cc([N+](=O)[O-])cc(Br)c1O. The first-order chi connectivity index (χ1) is 12.4. The van der Waals surface area contributed by atoms with E-state index in [-0.39, 0.29) is 28.1 Å². The van der Waals surface area contributed by atoms with Gasteiger partial charge in [0, 0.05) is 17.7 Å². The van der Waals surface area contributed by atoms with Crippen molar-refractivity contribution < 1.29 is 24.3 Å². The Hall–Kier alpha value is -3.14. The number of phenols is 1. The zero-order chi connectivity index (χ0) is 19.1. The number of hydrazone groups is 1. The van der Waals surface area contributed by atoms with E-state index in [1.54, 1.807) is 24.3 Å². The van der Waals surface area contributed by atoms with Crippen LogP contribution < -0.4 is 14.9 Å². The Labute approximate surface area is 156 Å². The van der Waals surface area contributed by atoms with Gasteiger partial charge in [0.25, 0.3) is 11.6 Å². The van der Waals surface area contributed by atoms with Crippen molar-refractivity contribution in [3.63, 3.8) is 0 Å². The molecule has 0 aromatic heterocycles. The van der Waals surface area contributed by atoms with Crippen LogP contribution in [0, 0.1) is 10.1 Å². The maximum atomic E-state index is 11.8. The van der Waals surface area contributed by atoms with E-state index in [9.17, 15) is 20.0 Å². The highest BCUT2D eigenvalue weighted by atomic mass is 79.9. The van der Waals surface area contributed by atoms with Crippen LogP contribution in [0.2, 0.25) is 0 Å². The molecule has 0 bridgehead atoms. The van der Waals surface area contributed by atoms with Crippen LogP contribution in [0.3, 0.4) is 0 Å². The van der Waals surface area contributed by atoms with Crippen LogP contribution in [0.25, 0.3) is 0 Å². The van der Waals surface area contributed by atoms with E-state index >= 15 is 0 Å². The summed E-state index contributed by atoms with van der Waals surface area (Å²) in [6.07, 6.45) is 1.09. The number of rotatable bonds is 7. The van der Waals surface area contributed by atoms with Crippen molar-refractivity contribution in [2.45, 2.75) is 0 Å². The number of hydrogen-bond donors (Lipinski definition) is 2. The summed E-state index contributed by atoms with van der Waals surface area (Å²) in [6, 6.07) is 9.12. The number of aromatic hydroxyl groups is 1. The average Bonchev–Trinajstić information content (AvgIpc) is 2.63. The molecule has 2 aromatic carbocycles. The molecule has 2 N–H and O–H groups in total. The number of phenolic OH excluding ortho intramolecular Hbond substituents is 1. The summed E-state index contributed by atoms with van der Waals surface area (Å²) in [5.41, 5.74) is 2.04. The van der Waals surface area contributed by atoms with Gasteiger partial charge in [0.05, 0.1) is 22.7 Å². The average molecular weight is 424 g/mol. The number of methoxy groups -OCH3 is 1. The summed E-state index contributed by atoms with van der Waals surface area (Å²) in [7, 11) is 1.48. The normalized spacial score (nSPS) is 10.5. The molecule has 0 aliphatic rings. The van der Waals surface area contributed by atoms with Crippen LogP contribution in [0.4, 0.5) is 5.69 Å². The third kappa shape index (κ3) is 4.93. The van der Waals surface area contributed by atoms with Gasteiger partial charge in [-0.1, -0.05) is 12.1 Å². The van der Waals surface area contributed by atoms with Crippen LogP contribution in [-0.4, -0.2) is 35.9 Å². The van der Waals surface area contributed by atoms with E-state index in [0.29, 0.717) is 11.5 Å². The van der Waals surface area contributed by atoms with Gasteiger partial charge in [-0.2, -0.15) is 5.10 Å². The molecule has 10 heteroatoms. The highest BCUT2D eigenvalue weighted by Crippen LogP contribution is 2.31. The standard InChI is InChI=1S/C16H14BrN3O6/c1-25-13-4-2-3-5-14(13)26-9-15(21)19-18-8-10-6-11(20(23)24)7-12(17)16(10)22/h2-8,22H,9H2,1H3,(H,19,21)/b18-8+. The van der Waals surface area contributed by atoms with E-state index in [2.05, 4.69) is 26.5 Å². The van der Waals surface area contributed by atoms with Gasteiger partial charge in [-0.25, -0.2) is 5.43 Å². The third-order valence-electron chi connectivity index (χ3n) is 3.11. The molecule has 0 saturated heterocycles. The van der Waals surface area contributed by atoms with Gasteiger partial charge in [0.2, 0.25) is 0 Å². The summed E-state index contributed by atoms with van der Waals surface area (Å²) in [4.78, 5) is 22.0. The highest BCUT2D eigenvalue weighted by molar-refractivity contribution is 9.10. The van der Waals surface area contributed by atoms with Crippen molar-refractivity contribution in [1.29, 1.82) is 0 Å². The first-order valence-electron chi connectivity index (χ1n) is 7.17. The maximum absolute atomic E-state index is 11.8. The van der Waals surface area contributed by atoms with Gasteiger partial charge in [0.1, 0.15) is 5.75 Å². The molecule has 2 aromatic rings. The number of nitro benzene ring substituents is 1. The number of nitrogens with zero attached hydrogens (tertiary/aromatic N) is 2.